The van der Waals surface area contributed by atoms with Crippen LogP contribution < -0.4 is 26.2 Å². The smallest absolute Gasteiger partial charge is 0.283 e. The number of hydrogen-bond donors (Lipinski definition) is 10. The number of hydrogen-bond acceptors (Lipinski definition) is 19. The zero-order chi connectivity index (χ0) is 69.3. The number of aromatic nitrogens is 2. The second kappa shape index (κ2) is 27.4. The highest BCUT2D eigenvalue weighted by Gasteiger charge is 2.47. The molecule has 504 valence electrons. The van der Waals surface area contributed by atoms with Crippen LogP contribution in [0.5, 0.6) is 0 Å². The topological polar surface area (TPSA) is 475 Å². The van der Waals surface area contributed by atoms with Crippen LogP contribution in [0, 0.1) is 0 Å². The molecule has 4 amide bonds. The highest BCUT2D eigenvalue weighted by Crippen LogP contribution is 2.54. The maximum Gasteiger partial charge on any atom is 0.283 e. The van der Waals surface area contributed by atoms with Gasteiger partial charge in [-0.1, -0.05) is 62.4 Å². The van der Waals surface area contributed by atoms with E-state index in [0.717, 1.165) is 0 Å². The van der Waals surface area contributed by atoms with E-state index in [0.29, 0.717) is 66.6 Å². The third kappa shape index (κ3) is 17.7. The standard InChI is InChI=1S/C58H64N8O22S6/c1-57(2)43-32-41(35-28-45(53(67)59-18-25-91(77,78)79)63-46(29-35)54(68)60-19-26-92(80,81)82)37-12-5-7-14-39(37)51(43)65(21-10-23-89(71,72)73)49(57)16-9-17-50-58(3,4)44-33-42(38-13-6-8-15-40(38)52(44)66(50)22-11-24-90(74,75)76)36-30-47(55(69)61-20-27-93(83,84)85)64-48(31-36)56(70)62-34-94(86,87)88/h5-9,12-17,28-33H,10-11,18-27,34H2,1-4H3,(H9-,59,60,61,62,67,68,69,70,71,72,73,74,75,76,77,78,79,80,81,82,83,84,85,86,87,88)/p+1. The summed E-state index contributed by atoms with van der Waals surface area (Å²) >= 11 is 0. The van der Waals surface area contributed by atoms with Crippen molar-refractivity contribution in [3.8, 4) is 22.3 Å². The molecule has 0 aliphatic carbocycles. The van der Waals surface area contributed by atoms with Gasteiger partial charge in [-0.05, 0) is 107 Å². The number of carbonyl (C=O) groups is 4. The summed E-state index contributed by atoms with van der Waals surface area (Å²) in [5.74, 6) is -9.25. The van der Waals surface area contributed by atoms with E-state index in [4.69, 9.17) is 0 Å². The van der Waals surface area contributed by atoms with Crippen molar-refractivity contribution >= 4 is 123 Å². The minimum Gasteiger partial charge on any atom is -0.350 e. The van der Waals surface area contributed by atoms with Crippen LogP contribution in [0.25, 0.3) is 43.8 Å². The molecule has 4 heterocycles. The van der Waals surface area contributed by atoms with Gasteiger partial charge in [-0.25, -0.2) is 9.97 Å². The number of rotatable bonds is 27. The van der Waals surface area contributed by atoms with Crippen molar-refractivity contribution in [3.05, 3.63) is 143 Å². The number of carbonyl (C=O) groups excluding carboxylic acids is 4. The van der Waals surface area contributed by atoms with Crippen molar-refractivity contribution in [2.24, 2.45) is 0 Å². The van der Waals surface area contributed by atoms with Gasteiger partial charge in [0.05, 0.1) is 45.3 Å². The second-order valence-electron chi connectivity index (χ2n) is 23.0. The van der Waals surface area contributed by atoms with Gasteiger partial charge in [0.25, 0.3) is 84.3 Å². The molecule has 0 saturated heterocycles. The molecule has 0 fully saturated rings. The van der Waals surface area contributed by atoms with E-state index in [2.05, 4.69) is 25.9 Å². The van der Waals surface area contributed by atoms with Crippen molar-refractivity contribution in [2.45, 2.75) is 51.4 Å². The van der Waals surface area contributed by atoms with Gasteiger partial charge in [0, 0.05) is 60.7 Å². The Morgan fingerprint density at radius 3 is 1.32 bits per heavy atom. The fraction of sp³-hybridized carbons (Fsp3) is 0.328. The molecule has 8 rings (SSSR count). The van der Waals surface area contributed by atoms with E-state index in [-0.39, 0.29) is 37.1 Å². The summed E-state index contributed by atoms with van der Waals surface area (Å²) in [6.45, 7) is 5.73. The molecule has 2 aliphatic rings. The van der Waals surface area contributed by atoms with Gasteiger partial charge < -0.3 is 26.2 Å². The molecule has 0 unspecified atom stereocenters. The monoisotopic (exact) mass is 1420 g/mol. The van der Waals surface area contributed by atoms with Crippen molar-refractivity contribution < 1.29 is 102 Å². The van der Waals surface area contributed by atoms with Crippen LogP contribution >= 0.6 is 0 Å². The van der Waals surface area contributed by atoms with E-state index < -0.39 is 172 Å². The van der Waals surface area contributed by atoms with Crippen molar-refractivity contribution in [3.63, 3.8) is 0 Å². The highest BCUT2D eigenvalue weighted by molar-refractivity contribution is 7.87. The SMILES string of the molecule is CC1(C)C(/C=C/C=C2/N(CCCS(=O)(=O)O)c3c(cc(-c4cc(C(=O)NCCS(=O)(=O)O)nc(C(=O)NCS(=O)(=O)O)c4)c4ccccc34)C2(C)C)=[N+](CCCS(=O)(=O)O)c2c1cc(-c1cc(C(=O)NCCS(=O)(=O)O)nc(C(=O)NCCS(=O)(=O)O)c1)c1ccccc21. The van der Waals surface area contributed by atoms with E-state index >= 15 is 0 Å². The van der Waals surface area contributed by atoms with Crippen LogP contribution in [-0.4, -0.2) is 189 Å². The molecule has 2 aromatic heterocycles. The zero-order valence-corrected chi connectivity index (χ0v) is 55.4. The number of fused-ring (bicyclic) bond motifs is 6. The summed E-state index contributed by atoms with van der Waals surface area (Å²) in [5, 5.41) is 11.1. The quantitative estimate of drug-likeness (QED) is 0.0259. The van der Waals surface area contributed by atoms with Gasteiger partial charge in [0.2, 0.25) is 5.69 Å². The Hall–Kier alpha value is -8.01. The van der Waals surface area contributed by atoms with Gasteiger partial charge in [-0.3, -0.25) is 46.5 Å². The third-order valence-corrected chi connectivity index (χ3v) is 19.7. The van der Waals surface area contributed by atoms with Crippen LogP contribution in [-0.2, 0) is 71.5 Å². The first-order chi connectivity index (χ1) is 43.5. The Labute approximate surface area is 541 Å². The molecular weight excluding hydrogens is 1350 g/mol. The van der Waals surface area contributed by atoms with Gasteiger partial charge in [-0.2, -0.15) is 55.1 Å². The molecule has 0 saturated carbocycles. The minimum atomic E-state index is -4.76. The average Bonchev–Trinajstić information content (AvgIpc) is 1.55. The van der Waals surface area contributed by atoms with Gasteiger partial charge in [-0.15, -0.1) is 0 Å². The fourth-order valence-electron chi connectivity index (χ4n) is 11.3. The number of allylic oxidation sites excluding steroid dienone is 4. The van der Waals surface area contributed by atoms with Crippen LogP contribution in [0.4, 0.5) is 11.4 Å². The maximum absolute atomic E-state index is 13.7. The summed E-state index contributed by atoms with van der Waals surface area (Å²) in [6.07, 6.45) is 5.06. The summed E-state index contributed by atoms with van der Waals surface area (Å²) in [7, 11) is -27.4. The molecule has 30 nitrogen and oxygen atoms in total. The number of anilines is 1. The van der Waals surface area contributed by atoms with Gasteiger partial charge >= 0.3 is 0 Å². The van der Waals surface area contributed by atoms with Crippen molar-refractivity contribution in [2.75, 3.05) is 72.3 Å². The second-order valence-corrected chi connectivity index (χ2v) is 32.3. The summed E-state index contributed by atoms with van der Waals surface area (Å²) in [6, 6.07) is 22.6. The maximum atomic E-state index is 13.7. The zero-order valence-electron chi connectivity index (χ0n) is 50.5. The van der Waals surface area contributed by atoms with E-state index in [1.807, 2.05) is 42.5 Å². The van der Waals surface area contributed by atoms with Crippen LogP contribution in [0.3, 0.4) is 0 Å². The molecule has 36 heteroatoms. The lowest BCUT2D eigenvalue weighted by molar-refractivity contribution is -0.435. The summed E-state index contributed by atoms with van der Waals surface area (Å²) in [4.78, 5) is 64.6. The third-order valence-electron chi connectivity index (χ3n) is 15.4. The van der Waals surface area contributed by atoms with E-state index in [1.165, 1.54) is 24.3 Å². The first-order valence-electron chi connectivity index (χ1n) is 28.3. The van der Waals surface area contributed by atoms with E-state index in [1.54, 1.807) is 78.9 Å². The molecule has 0 atom stereocenters. The molecule has 4 aromatic carbocycles. The fourth-order valence-corrected chi connectivity index (χ4v) is 13.6. The van der Waals surface area contributed by atoms with Crippen molar-refractivity contribution in [1.82, 2.24) is 31.2 Å². The predicted molar refractivity (Wildman–Crippen MR) is 347 cm³/mol. The van der Waals surface area contributed by atoms with Crippen LogP contribution in [0.1, 0.15) is 93.6 Å². The molecule has 6 aromatic rings. The first-order valence-corrected chi connectivity index (χ1v) is 38.0. The van der Waals surface area contributed by atoms with E-state index in [9.17, 15) is 97.0 Å². The minimum absolute atomic E-state index is 0.00681. The number of benzene rings is 4. The Bertz CT molecular complexity index is 4870. The Morgan fingerprint density at radius 2 is 0.883 bits per heavy atom. The average molecular weight is 1420 g/mol. The lowest BCUT2D eigenvalue weighted by Crippen LogP contribution is -2.32. The highest BCUT2D eigenvalue weighted by atomic mass is 32.2. The van der Waals surface area contributed by atoms with Crippen LogP contribution in [0.2, 0.25) is 0 Å². The van der Waals surface area contributed by atoms with Gasteiger partial charge in [0.15, 0.2) is 5.71 Å². The largest absolute Gasteiger partial charge is 0.350 e. The Kier molecular flexibility index (Phi) is 20.9. The summed E-state index contributed by atoms with van der Waals surface area (Å²) in [5.41, 5.74) is 0.764. The summed E-state index contributed by atoms with van der Waals surface area (Å²) < 4.78 is 201. The lowest BCUT2D eigenvalue weighted by atomic mass is 9.79. The molecular formula is C58H65N8O22S6+. The molecule has 0 spiro atoms. The normalized spacial score (nSPS) is 15.4. The number of nitrogens with zero attached hydrogens (tertiary/aromatic N) is 4. The molecule has 0 radical (unpaired) electrons. The van der Waals surface area contributed by atoms with Crippen molar-refractivity contribution in [1.29, 1.82) is 0 Å². The Morgan fingerprint density at radius 1 is 0.489 bits per heavy atom. The Balaban J connectivity index is 1.29. The van der Waals surface area contributed by atoms with Gasteiger partial charge in [0.1, 0.15) is 35.2 Å². The molecule has 0 bridgehead atoms. The number of nitrogens with one attached hydrogen (secondary N) is 4. The lowest BCUT2D eigenvalue weighted by Gasteiger charge is -2.27. The number of amides is 4. The number of pyridine rings is 2. The molecule has 10 N–H and O–H groups in total. The molecule has 94 heavy (non-hydrogen) atoms. The first kappa shape index (κ1) is 71.8. The predicted octanol–water partition coefficient (Wildman–Crippen LogP) is 3.71. The molecule has 2 aliphatic heterocycles. The van der Waals surface area contributed by atoms with Crippen LogP contribution in [0.15, 0.2) is 109 Å².